The molecular formula is C10H8N2O3. The molecule has 0 spiro atoms. The quantitative estimate of drug-likeness (QED) is 0.566. The monoisotopic (exact) mass is 204 g/mol. The zero-order chi connectivity index (χ0) is 10.7. The van der Waals surface area contributed by atoms with E-state index >= 15 is 0 Å². The molecule has 0 radical (unpaired) electrons. The normalized spacial score (nSPS) is 12.3. The van der Waals surface area contributed by atoms with Crippen LogP contribution in [0, 0.1) is 10.1 Å². The van der Waals surface area contributed by atoms with E-state index in [0.717, 1.165) is 0 Å². The van der Waals surface area contributed by atoms with Crippen LogP contribution in [0.3, 0.4) is 0 Å². The standard InChI is InChI=1S/C10H8N2O3/c13-12(14)9(10-11-6-7-15-10)8-4-2-1-3-5-8/h1-7,9H. The third kappa shape index (κ3) is 1.85. The highest BCUT2D eigenvalue weighted by molar-refractivity contribution is 5.21. The Morgan fingerprint density at radius 2 is 2.07 bits per heavy atom. The molecule has 15 heavy (non-hydrogen) atoms. The van der Waals surface area contributed by atoms with Gasteiger partial charge in [-0.25, -0.2) is 4.98 Å². The van der Waals surface area contributed by atoms with Gasteiger partial charge >= 0.3 is 6.04 Å². The van der Waals surface area contributed by atoms with Gasteiger partial charge in [0.25, 0.3) is 5.89 Å². The Morgan fingerprint density at radius 1 is 1.33 bits per heavy atom. The van der Waals surface area contributed by atoms with Crippen LogP contribution in [0.4, 0.5) is 0 Å². The molecule has 1 aromatic heterocycles. The van der Waals surface area contributed by atoms with Gasteiger partial charge in [-0.15, -0.1) is 0 Å². The van der Waals surface area contributed by atoms with Crippen molar-refractivity contribution in [3.63, 3.8) is 0 Å². The second kappa shape index (κ2) is 3.91. The number of oxazole rings is 1. The van der Waals surface area contributed by atoms with E-state index in [-0.39, 0.29) is 5.89 Å². The molecule has 0 saturated carbocycles. The van der Waals surface area contributed by atoms with Crippen molar-refractivity contribution < 1.29 is 9.34 Å². The highest BCUT2D eigenvalue weighted by atomic mass is 16.6. The summed E-state index contributed by atoms with van der Waals surface area (Å²) in [5, 5.41) is 10.9. The first-order chi connectivity index (χ1) is 7.29. The average molecular weight is 204 g/mol. The SMILES string of the molecule is O=[N+]([O-])C(c1ccccc1)c1ncco1. The number of benzene rings is 1. The Labute approximate surface area is 85.5 Å². The van der Waals surface area contributed by atoms with Crippen molar-refractivity contribution in [2.24, 2.45) is 0 Å². The lowest BCUT2D eigenvalue weighted by Gasteiger charge is -2.04. The van der Waals surface area contributed by atoms with Gasteiger partial charge in [0.15, 0.2) is 0 Å². The van der Waals surface area contributed by atoms with Crippen LogP contribution in [0.2, 0.25) is 0 Å². The van der Waals surface area contributed by atoms with Crippen LogP contribution in [0.1, 0.15) is 17.5 Å². The van der Waals surface area contributed by atoms with Gasteiger partial charge in [0, 0.05) is 10.5 Å². The van der Waals surface area contributed by atoms with Gasteiger partial charge in [0.1, 0.15) is 6.26 Å². The minimum Gasteiger partial charge on any atom is -0.443 e. The molecule has 0 aliphatic rings. The Bertz CT molecular complexity index is 439. The molecule has 1 unspecified atom stereocenters. The van der Waals surface area contributed by atoms with Gasteiger partial charge in [-0.3, -0.25) is 10.1 Å². The van der Waals surface area contributed by atoms with Crippen molar-refractivity contribution >= 4 is 0 Å². The molecule has 5 nitrogen and oxygen atoms in total. The maximum atomic E-state index is 10.9. The predicted molar refractivity (Wildman–Crippen MR) is 51.8 cm³/mol. The molecule has 2 rings (SSSR count). The summed E-state index contributed by atoms with van der Waals surface area (Å²) in [5.74, 6) is 0.103. The summed E-state index contributed by atoms with van der Waals surface area (Å²) in [4.78, 5) is 14.3. The summed E-state index contributed by atoms with van der Waals surface area (Å²) in [6.07, 6.45) is 2.73. The molecule has 0 fully saturated rings. The topological polar surface area (TPSA) is 69.2 Å². The van der Waals surface area contributed by atoms with Crippen LogP contribution in [0.15, 0.2) is 47.2 Å². The van der Waals surface area contributed by atoms with Crippen molar-refractivity contribution in [1.29, 1.82) is 0 Å². The summed E-state index contributed by atoms with van der Waals surface area (Å²) in [6.45, 7) is 0. The summed E-state index contributed by atoms with van der Waals surface area (Å²) >= 11 is 0. The average Bonchev–Trinajstić information content (AvgIpc) is 2.72. The fourth-order valence-corrected chi connectivity index (χ4v) is 1.36. The van der Waals surface area contributed by atoms with E-state index in [4.69, 9.17) is 4.42 Å². The van der Waals surface area contributed by atoms with Gasteiger partial charge in [-0.1, -0.05) is 30.3 Å². The second-order valence-corrected chi connectivity index (χ2v) is 2.97. The largest absolute Gasteiger partial charge is 0.443 e. The van der Waals surface area contributed by atoms with Gasteiger partial charge < -0.3 is 4.42 Å². The maximum Gasteiger partial charge on any atom is 0.312 e. The van der Waals surface area contributed by atoms with E-state index in [9.17, 15) is 10.1 Å². The molecule has 0 aliphatic carbocycles. The molecular weight excluding hydrogens is 196 g/mol. The van der Waals surface area contributed by atoms with Crippen LogP contribution in [-0.4, -0.2) is 9.91 Å². The van der Waals surface area contributed by atoms with E-state index in [1.165, 1.54) is 12.5 Å². The zero-order valence-electron chi connectivity index (χ0n) is 7.74. The van der Waals surface area contributed by atoms with Gasteiger partial charge in [-0.2, -0.15) is 0 Å². The minimum atomic E-state index is -1.03. The van der Waals surface area contributed by atoms with Crippen molar-refractivity contribution in [3.05, 3.63) is 64.4 Å². The Kier molecular flexibility index (Phi) is 2.45. The van der Waals surface area contributed by atoms with Crippen molar-refractivity contribution in [2.45, 2.75) is 6.04 Å². The van der Waals surface area contributed by atoms with Gasteiger partial charge in [-0.05, 0) is 0 Å². The fraction of sp³-hybridized carbons (Fsp3) is 0.100. The number of rotatable bonds is 3. The fourth-order valence-electron chi connectivity index (χ4n) is 1.36. The predicted octanol–water partition coefficient (Wildman–Crippen LogP) is 2.04. The molecule has 1 heterocycles. The first-order valence-corrected chi connectivity index (χ1v) is 4.37. The molecule has 5 heteroatoms. The molecule has 1 aromatic carbocycles. The van der Waals surface area contributed by atoms with Crippen LogP contribution in [0.25, 0.3) is 0 Å². The highest BCUT2D eigenvalue weighted by Gasteiger charge is 2.29. The molecule has 0 aliphatic heterocycles. The summed E-state index contributed by atoms with van der Waals surface area (Å²) in [5.41, 5.74) is 0.560. The van der Waals surface area contributed by atoms with Gasteiger partial charge in [0.2, 0.25) is 0 Å². The molecule has 2 aromatic rings. The van der Waals surface area contributed by atoms with E-state index in [2.05, 4.69) is 4.98 Å². The highest BCUT2D eigenvalue weighted by Crippen LogP contribution is 2.23. The number of hydrogen-bond donors (Lipinski definition) is 0. The lowest BCUT2D eigenvalue weighted by molar-refractivity contribution is -0.520. The zero-order valence-corrected chi connectivity index (χ0v) is 7.74. The molecule has 1 atom stereocenters. The van der Waals surface area contributed by atoms with Crippen LogP contribution in [0.5, 0.6) is 0 Å². The lowest BCUT2D eigenvalue weighted by atomic mass is 10.1. The molecule has 0 bridgehead atoms. The maximum absolute atomic E-state index is 10.9. The van der Waals surface area contributed by atoms with Gasteiger partial charge in [0.05, 0.1) is 6.20 Å². The molecule has 0 amide bonds. The van der Waals surface area contributed by atoms with E-state index < -0.39 is 11.0 Å². The summed E-state index contributed by atoms with van der Waals surface area (Å²) < 4.78 is 4.96. The first kappa shape index (κ1) is 9.39. The smallest absolute Gasteiger partial charge is 0.312 e. The van der Waals surface area contributed by atoms with Crippen molar-refractivity contribution in [3.8, 4) is 0 Å². The summed E-state index contributed by atoms with van der Waals surface area (Å²) in [6, 6.07) is 7.62. The van der Waals surface area contributed by atoms with Crippen molar-refractivity contribution in [2.75, 3.05) is 0 Å². The van der Waals surface area contributed by atoms with Crippen LogP contribution < -0.4 is 0 Å². The van der Waals surface area contributed by atoms with Crippen molar-refractivity contribution in [1.82, 2.24) is 4.98 Å². The van der Waals surface area contributed by atoms with Crippen LogP contribution >= 0.6 is 0 Å². The minimum absolute atomic E-state index is 0.103. The third-order valence-corrected chi connectivity index (χ3v) is 2.01. The van der Waals surface area contributed by atoms with Crippen LogP contribution in [-0.2, 0) is 0 Å². The number of hydrogen-bond acceptors (Lipinski definition) is 4. The number of nitro groups is 1. The van der Waals surface area contributed by atoms with E-state index in [1.54, 1.807) is 30.3 Å². The number of nitrogens with zero attached hydrogens (tertiary/aromatic N) is 2. The number of aromatic nitrogens is 1. The molecule has 76 valence electrons. The van der Waals surface area contributed by atoms with E-state index in [0.29, 0.717) is 5.56 Å². The Balaban J connectivity index is 2.42. The molecule has 0 saturated heterocycles. The summed E-state index contributed by atoms with van der Waals surface area (Å²) in [7, 11) is 0. The Hall–Kier alpha value is -2.17. The second-order valence-electron chi connectivity index (χ2n) is 2.97. The van der Waals surface area contributed by atoms with E-state index in [1.807, 2.05) is 0 Å². The first-order valence-electron chi connectivity index (χ1n) is 4.37. The molecule has 0 N–H and O–H groups in total. The lowest BCUT2D eigenvalue weighted by Crippen LogP contribution is -2.12. The third-order valence-electron chi connectivity index (χ3n) is 2.01. The Morgan fingerprint density at radius 3 is 2.60 bits per heavy atom.